The summed E-state index contributed by atoms with van der Waals surface area (Å²) in [7, 11) is 0. The van der Waals surface area contributed by atoms with Crippen molar-refractivity contribution >= 4 is 0 Å². The van der Waals surface area contributed by atoms with Crippen LogP contribution in [0.4, 0.5) is 4.39 Å². The van der Waals surface area contributed by atoms with Gasteiger partial charge in [0.25, 0.3) is 0 Å². The lowest BCUT2D eigenvalue weighted by Crippen LogP contribution is -2.35. The first-order chi connectivity index (χ1) is 8.56. The van der Waals surface area contributed by atoms with Crippen molar-refractivity contribution in [2.45, 2.75) is 52.6 Å². The second kappa shape index (κ2) is 5.83. The van der Waals surface area contributed by atoms with Gasteiger partial charge < -0.3 is 5.32 Å². The third-order valence-corrected chi connectivity index (χ3v) is 4.49. The first-order valence-electron chi connectivity index (χ1n) is 7.04. The molecule has 1 aromatic rings. The van der Waals surface area contributed by atoms with Gasteiger partial charge in [0.05, 0.1) is 0 Å². The van der Waals surface area contributed by atoms with Crippen molar-refractivity contribution in [3.63, 3.8) is 0 Å². The molecule has 18 heavy (non-hydrogen) atoms. The Balaban J connectivity index is 1.90. The fourth-order valence-electron chi connectivity index (χ4n) is 2.82. The molecule has 0 saturated heterocycles. The monoisotopic (exact) mass is 249 g/mol. The Labute approximate surface area is 110 Å². The molecule has 0 bridgehead atoms. The van der Waals surface area contributed by atoms with E-state index in [0.717, 1.165) is 23.9 Å². The lowest BCUT2D eigenvalue weighted by Gasteiger charge is -2.32. The molecule has 1 N–H and O–H groups in total. The van der Waals surface area contributed by atoms with Gasteiger partial charge in [-0.1, -0.05) is 19.9 Å². The molecular formula is C16H24FN. The van der Waals surface area contributed by atoms with E-state index >= 15 is 0 Å². The Kier molecular flexibility index (Phi) is 4.39. The molecule has 0 aliphatic heterocycles. The maximum absolute atomic E-state index is 13.2. The molecule has 0 heterocycles. The average Bonchev–Trinajstić information content (AvgIpc) is 2.34. The highest BCUT2D eigenvalue weighted by atomic mass is 19.1. The standard InChI is InChI=1S/C16H24FN/c1-11-5-7-16(8-13(11)3)18-10-14-9-15(17)6-4-12(14)2/h4,6,9,11,13,16,18H,5,7-8,10H2,1-3H3. The second-order valence-corrected chi connectivity index (χ2v) is 5.92. The van der Waals surface area contributed by atoms with Gasteiger partial charge in [0.15, 0.2) is 0 Å². The number of halogens is 1. The first-order valence-corrected chi connectivity index (χ1v) is 7.04. The summed E-state index contributed by atoms with van der Waals surface area (Å²) in [6, 6.07) is 5.64. The molecule has 3 unspecified atom stereocenters. The summed E-state index contributed by atoms with van der Waals surface area (Å²) in [5, 5.41) is 3.59. The first kappa shape index (κ1) is 13.5. The van der Waals surface area contributed by atoms with Gasteiger partial charge in [0.1, 0.15) is 5.82 Å². The van der Waals surface area contributed by atoms with E-state index in [1.807, 2.05) is 13.0 Å². The third-order valence-electron chi connectivity index (χ3n) is 4.49. The van der Waals surface area contributed by atoms with E-state index in [-0.39, 0.29) is 5.82 Å². The van der Waals surface area contributed by atoms with Crippen molar-refractivity contribution in [3.05, 3.63) is 35.1 Å². The van der Waals surface area contributed by atoms with Crippen LogP contribution in [-0.2, 0) is 6.54 Å². The Morgan fingerprint density at radius 1 is 1.22 bits per heavy atom. The Morgan fingerprint density at radius 3 is 2.72 bits per heavy atom. The van der Waals surface area contributed by atoms with Gasteiger partial charge in [0.2, 0.25) is 0 Å². The van der Waals surface area contributed by atoms with Gasteiger partial charge in [-0.3, -0.25) is 0 Å². The van der Waals surface area contributed by atoms with Crippen LogP contribution in [-0.4, -0.2) is 6.04 Å². The van der Waals surface area contributed by atoms with Crippen molar-refractivity contribution in [1.82, 2.24) is 5.32 Å². The lowest BCUT2D eigenvalue weighted by molar-refractivity contribution is 0.225. The van der Waals surface area contributed by atoms with Gasteiger partial charge in [-0.05, 0) is 61.3 Å². The minimum atomic E-state index is -0.136. The molecule has 2 heteroatoms. The second-order valence-electron chi connectivity index (χ2n) is 5.92. The molecule has 1 nitrogen and oxygen atoms in total. The highest BCUT2D eigenvalue weighted by Crippen LogP contribution is 2.29. The van der Waals surface area contributed by atoms with Crippen LogP contribution in [0.3, 0.4) is 0 Å². The Bertz CT molecular complexity index is 402. The van der Waals surface area contributed by atoms with Crippen LogP contribution in [0.2, 0.25) is 0 Å². The van der Waals surface area contributed by atoms with Crippen LogP contribution >= 0.6 is 0 Å². The summed E-state index contributed by atoms with van der Waals surface area (Å²) in [5.74, 6) is 1.51. The number of hydrogen-bond acceptors (Lipinski definition) is 1. The van der Waals surface area contributed by atoms with Gasteiger partial charge in [0, 0.05) is 12.6 Å². The summed E-state index contributed by atoms with van der Waals surface area (Å²) < 4.78 is 13.2. The summed E-state index contributed by atoms with van der Waals surface area (Å²) in [5.41, 5.74) is 2.25. The molecule has 2 rings (SSSR count). The Morgan fingerprint density at radius 2 is 2.00 bits per heavy atom. The quantitative estimate of drug-likeness (QED) is 0.852. The molecule has 1 aromatic carbocycles. The van der Waals surface area contributed by atoms with Crippen LogP contribution in [0.25, 0.3) is 0 Å². The zero-order chi connectivity index (χ0) is 13.1. The summed E-state index contributed by atoms with van der Waals surface area (Å²) in [6.07, 6.45) is 3.80. The SMILES string of the molecule is Cc1ccc(F)cc1CNC1CCC(C)C(C)C1. The van der Waals surface area contributed by atoms with Gasteiger partial charge in [-0.2, -0.15) is 0 Å². The zero-order valence-corrected chi connectivity index (χ0v) is 11.7. The van der Waals surface area contributed by atoms with Crippen LogP contribution < -0.4 is 5.32 Å². The topological polar surface area (TPSA) is 12.0 Å². The highest BCUT2D eigenvalue weighted by molar-refractivity contribution is 5.26. The molecule has 0 amide bonds. The molecule has 0 aromatic heterocycles. The van der Waals surface area contributed by atoms with E-state index in [9.17, 15) is 4.39 Å². The number of aryl methyl sites for hydroxylation is 1. The van der Waals surface area contributed by atoms with E-state index in [4.69, 9.17) is 0 Å². The predicted molar refractivity (Wildman–Crippen MR) is 73.9 cm³/mol. The summed E-state index contributed by atoms with van der Waals surface area (Å²) in [6.45, 7) is 7.51. The zero-order valence-electron chi connectivity index (χ0n) is 11.7. The predicted octanol–water partition coefficient (Wildman–Crippen LogP) is 4.05. The summed E-state index contributed by atoms with van der Waals surface area (Å²) in [4.78, 5) is 0. The molecule has 1 aliphatic rings. The minimum absolute atomic E-state index is 0.136. The fourth-order valence-corrected chi connectivity index (χ4v) is 2.82. The van der Waals surface area contributed by atoms with E-state index in [0.29, 0.717) is 6.04 Å². The normalized spacial score (nSPS) is 28.3. The van der Waals surface area contributed by atoms with Crippen molar-refractivity contribution in [2.24, 2.45) is 11.8 Å². The average molecular weight is 249 g/mol. The fraction of sp³-hybridized carbons (Fsp3) is 0.625. The number of benzene rings is 1. The molecule has 100 valence electrons. The van der Waals surface area contributed by atoms with Gasteiger partial charge in [-0.25, -0.2) is 4.39 Å². The largest absolute Gasteiger partial charge is 0.310 e. The number of rotatable bonds is 3. The smallest absolute Gasteiger partial charge is 0.123 e. The molecule has 1 fully saturated rings. The molecular weight excluding hydrogens is 225 g/mol. The minimum Gasteiger partial charge on any atom is -0.310 e. The molecule has 0 spiro atoms. The van der Waals surface area contributed by atoms with E-state index in [1.54, 1.807) is 6.07 Å². The van der Waals surface area contributed by atoms with E-state index < -0.39 is 0 Å². The van der Waals surface area contributed by atoms with Crippen molar-refractivity contribution < 1.29 is 4.39 Å². The number of nitrogens with one attached hydrogen (secondary N) is 1. The summed E-state index contributed by atoms with van der Waals surface area (Å²) >= 11 is 0. The molecule has 1 saturated carbocycles. The van der Waals surface area contributed by atoms with Gasteiger partial charge in [-0.15, -0.1) is 0 Å². The molecule has 0 radical (unpaired) electrons. The van der Waals surface area contributed by atoms with Crippen LogP contribution in [0.1, 0.15) is 44.2 Å². The van der Waals surface area contributed by atoms with Crippen LogP contribution in [0.5, 0.6) is 0 Å². The van der Waals surface area contributed by atoms with Crippen LogP contribution in [0, 0.1) is 24.6 Å². The lowest BCUT2D eigenvalue weighted by atomic mass is 9.79. The Hall–Kier alpha value is -0.890. The van der Waals surface area contributed by atoms with Crippen molar-refractivity contribution in [3.8, 4) is 0 Å². The molecule has 1 aliphatic carbocycles. The van der Waals surface area contributed by atoms with E-state index in [2.05, 4.69) is 19.2 Å². The maximum Gasteiger partial charge on any atom is 0.123 e. The third kappa shape index (κ3) is 3.32. The maximum atomic E-state index is 13.2. The highest BCUT2D eigenvalue weighted by Gasteiger charge is 2.23. The van der Waals surface area contributed by atoms with Gasteiger partial charge >= 0.3 is 0 Å². The number of hydrogen-bond donors (Lipinski definition) is 1. The van der Waals surface area contributed by atoms with E-state index in [1.165, 1.54) is 30.9 Å². The van der Waals surface area contributed by atoms with Crippen molar-refractivity contribution in [1.29, 1.82) is 0 Å². The van der Waals surface area contributed by atoms with Crippen LogP contribution in [0.15, 0.2) is 18.2 Å². The molecule has 3 atom stereocenters. The van der Waals surface area contributed by atoms with Crippen molar-refractivity contribution in [2.75, 3.05) is 0 Å².